The van der Waals surface area contributed by atoms with Gasteiger partial charge in [-0.25, -0.2) is 0 Å². The van der Waals surface area contributed by atoms with Gasteiger partial charge in [-0.1, -0.05) is 11.6 Å². The molecule has 1 aliphatic heterocycles. The molecular formula is C11H17N3O2. The molecule has 1 saturated heterocycles. The van der Waals surface area contributed by atoms with Gasteiger partial charge in [0, 0.05) is 5.92 Å². The summed E-state index contributed by atoms with van der Waals surface area (Å²) in [5, 5.41) is 16.7. The molecule has 0 bridgehead atoms. The summed E-state index contributed by atoms with van der Waals surface area (Å²) >= 11 is 0. The summed E-state index contributed by atoms with van der Waals surface area (Å²) in [4.78, 5) is 4.44. The molecule has 2 heterocycles. The van der Waals surface area contributed by atoms with Gasteiger partial charge in [0.1, 0.15) is 0 Å². The van der Waals surface area contributed by atoms with Crippen LogP contribution in [-0.4, -0.2) is 27.9 Å². The molecule has 0 spiro atoms. The van der Waals surface area contributed by atoms with Crippen molar-refractivity contribution in [2.75, 3.05) is 6.54 Å². The summed E-state index contributed by atoms with van der Waals surface area (Å²) in [6, 6.07) is 0.260. The fourth-order valence-electron chi connectivity index (χ4n) is 2.42. The Morgan fingerprint density at radius 1 is 1.31 bits per heavy atom. The largest absolute Gasteiger partial charge is 0.393 e. The van der Waals surface area contributed by atoms with Gasteiger partial charge in [-0.2, -0.15) is 4.98 Å². The minimum atomic E-state index is -0.173. The van der Waals surface area contributed by atoms with Crippen LogP contribution in [0.15, 0.2) is 4.52 Å². The van der Waals surface area contributed by atoms with Crippen molar-refractivity contribution in [1.29, 1.82) is 0 Å². The maximum absolute atomic E-state index is 9.23. The quantitative estimate of drug-likeness (QED) is 0.786. The zero-order valence-electron chi connectivity index (χ0n) is 9.22. The summed E-state index contributed by atoms with van der Waals surface area (Å²) in [6.07, 6.45) is 4.90. The first-order chi connectivity index (χ1) is 7.83. The fraction of sp³-hybridized carbons (Fsp3) is 0.818. The number of aromatic nitrogens is 2. The highest BCUT2D eigenvalue weighted by atomic mass is 16.5. The van der Waals surface area contributed by atoms with Gasteiger partial charge in [0.15, 0.2) is 5.82 Å². The molecule has 5 heteroatoms. The number of piperidine rings is 1. The van der Waals surface area contributed by atoms with E-state index in [0.717, 1.165) is 31.6 Å². The standard InChI is InChI=1S/C11H17N3O2/c15-8-5-7(6-8)11-13-10(14-16-11)9-3-1-2-4-12-9/h7-9,12,15H,1-6H2. The zero-order chi connectivity index (χ0) is 11.0. The number of nitrogens with zero attached hydrogens (tertiary/aromatic N) is 2. The zero-order valence-corrected chi connectivity index (χ0v) is 9.22. The van der Waals surface area contributed by atoms with Crippen molar-refractivity contribution in [2.45, 2.75) is 50.2 Å². The number of hydrogen-bond donors (Lipinski definition) is 2. The molecule has 0 radical (unpaired) electrons. The molecule has 3 rings (SSSR count). The van der Waals surface area contributed by atoms with E-state index in [9.17, 15) is 5.11 Å². The Morgan fingerprint density at radius 3 is 2.88 bits per heavy atom. The Hall–Kier alpha value is -0.940. The Morgan fingerprint density at radius 2 is 2.19 bits per heavy atom. The van der Waals surface area contributed by atoms with Crippen molar-refractivity contribution < 1.29 is 9.63 Å². The van der Waals surface area contributed by atoms with Crippen LogP contribution in [0.4, 0.5) is 0 Å². The normalized spacial score (nSPS) is 34.7. The molecule has 2 N–H and O–H groups in total. The molecule has 1 aliphatic carbocycles. The van der Waals surface area contributed by atoms with Gasteiger partial charge >= 0.3 is 0 Å². The van der Waals surface area contributed by atoms with E-state index in [2.05, 4.69) is 15.5 Å². The van der Waals surface area contributed by atoms with E-state index in [1.807, 2.05) is 0 Å². The van der Waals surface area contributed by atoms with Crippen LogP contribution in [-0.2, 0) is 0 Å². The molecule has 1 aromatic heterocycles. The summed E-state index contributed by atoms with van der Waals surface area (Å²) < 4.78 is 5.26. The van der Waals surface area contributed by atoms with Crippen LogP contribution in [0.1, 0.15) is 55.8 Å². The average molecular weight is 223 g/mol. The minimum absolute atomic E-state index is 0.173. The molecule has 2 aliphatic rings. The SMILES string of the molecule is OC1CC(c2nc(C3CCCCN3)no2)C1. The second kappa shape index (κ2) is 4.14. The molecule has 0 amide bonds. The molecule has 0 aromatic carbocycles. The second-order valence-electron chi connectivity index (χ2n) is 4.82. The maximum atomic E-state index is 9.23. The van der Waals surface area contributed by atoms with Crippen molar-refractivity contribution in [3.8, 4) is 0 Å². The van der Waals surface area contributed by atoms with Crippen molar-refractivity contribution in [3.05, 3.63) is 11.7 Å². The molecule has 2 fully saturated rings. The number of nitrogens with one attached hydrogen (secondary N) is 1. The van der Waals surface area contributed by atoms with Crippen LogP contribution < -0.4 is 5.32 Å². The van der Waals surface area contributed by atoms with Crippen molar-refractivity contribution in [3.63, 3.8) is 0 Å². The predicted molar refractivity (Wildman–Crippen MR) is 56.9 cm³/mol. The third-order valence-corrected chi connectivity index (χ3v) is 3.54. The van der Waals surface area contributed by atoms with Gasteiger partial charge < -0.3 is 14.9 Å². The minimum Gasteiger partial charge on any atom is -0.393 e. The Balaban J connectivity index is 1.67. The smallest absolute Gasteiger partial charge is 0.230 e. The number of hydrogen-bond acceptors (Lipinski definition) is 5. The topological polar surface area (TPSA) is 71.2 Å². The summed E-state index contributed by atoms with van der Waals surface area (Å²) in [5.74, 6) is 1.77. The van der Waals surface area contributed by atoms with Crippen LogP contribution in [0.2, 0.25) is 0 Å². The maximum Gasteiger partial charge on any atom is 0.230 e. The molecule has 1 aromatic rings. The van der Waals surface area contributed by atoms with Gasteiger partial charge in [-0.3, -0.25) is 0 Å². The van der Waals surface area contributed by atoms with E-state index >= 15 is 0 Å². The second-order valence-corrected chi connectivity index (χ2v) is 4.82. The lowest BCUT2D eigenvalue weighted by molar-refractivity contribution is 0.0625. The number of aliphatic hydroxyl groups is 1. The number of rotatable bonds is 2. The van der Waals surface area contributed by atoms with E-state index in [1.165, 1.54) is 12.8 Å². The summed E-state index contributed by atoms with van der Waals surface area (Å²) in [5.41, 5.74) is 0. The lowest BCUT2D eigenvalue weighted by atomic mass is 9.82. The molecular weight excluding hydrogens is 206 g/mol. The van der Waals surface area contributed by atoms with Crippen LogP contribution in [0.25, 0.3) is 0 Å². The monoisotopic (exact) mass is 223 g/mol. The highest BCUT2D eigenvalue weighted by Gasteiger charge is 2.33. The Bertz CT molecular complexity index is 354. The summed E-state index contributed by atoms with van der Waals surface area (Å²) in [7, 11) is 0. The first kappa shape index (κ1) is 10.2. The molecule has 1 atom stereocenters. The van der Waals surface area contributed by atoms with E-state index in [0.29, 0.717) is 5.89 Å². The predicted octanol–water partition coefficient (Wildman–Crippen LogP) is 1.12. The lowest BCUT2D eigenvalue weighted by Crippen LogP contribution is -2.28. The van der Waals surface area contributed by atoms with Crippen LogP contribution in [0.5, 0.6) is 0 Å². The van der Waals surface area contributed by atoms with Gasteiger partial charge in [0.05, 0.1) is 12.1 Å². The first-order valence-corrected chi connectivity index (χ1v) is 6.08. The van der Waals surface area contributed by atoms with Gasteiger partial charge in [0.2, 0.25) is 5.89 Å². The lowest BCUT2D eigenvalue weighted by Gasteiger charge is -2.27. The van der Waals surface area contributed by atoms with Crippen molar-refractivity contribution >= 4 is 0 Å². The molecule has 16 heavy (non-hydrogen) atoms. The van der Waals surface area contributed by atoms with E-state index < -0.39 is 0 Å². The average Bonchev–Trinajstić information content (AvgIpc) is 2.75. The van der Waals surface area contributed by atoms with E-state index in [1.54, 1.807) is 0 Å². The van der Waals surface area contributed by atoms with Gasteiger partial charge in [-0.05, 0) is 32.2 Å². The fourth-order valence-corrected chi connectivity index (χ4v) is 2.42. The van der Waals surface area contributed by atoms with Crippen LogP contribution >= 0.6 is 0 Å². The van der Waals surface area contributed by atoms with Crippen molar-refractivity contribution in [1.82, 2.24) is 15.5 Å². The third-order valence-electron chi connectivity index (χ3n) is 3.54. The highest BCUT2D eigenvalue weighted by molar-refractivity contribution is 5.04. The third kappa shape index (κ3) is 1.85. The summed E-state index contributed by atoms with van der Waals surface area (Å²) in [6.45, 7) is 1.04. The Labute approximate surface area is 94.2 Å². The molecule has 1 unspecified atom stereocenters. The Kier molecular flexibility index (Phi) is 2.65. The molecule has 88 valence electrons. The number of aliphatic hydroxyl groups excluding tert-OH is 1. The van der Waals surface area contributed by atoms with E-state index in [4.69, 9.17) is 4.52 Å². The molecule has 5 nitrogen and oxygen atoms in total. The first-order valence-electron chi connectivity index (χ1n) is 6.08. The van der Waals surface area contributed by atoms with Crippen LogP contribution in [0, 0.1) is 0 Å². The highest BCUT2D eigenvalue weighted by Crippen LogP contribution is 2.36. The molecule has 1 saturated carbocycles. The van der Waals surface area contributed by atoms with Gasteiger partial charge in [0.25, 0.3) is 0 Å². The van der Waals surface area contributed by atoms with E-state index in [-0.39, 0.29) is 18.1 Å². The van der Waals surface area contributed by atoms with Crippen molar-refractivity contribution in [2.24, 2.45) is 0 Å². The van der Waals surface area contributed by atoms with Crippen LogP contribution in [0.3, 0.4) is 0 Å². The van der Waals surface area contributed by atoms with Gasteiger partial charge in [-0.15, -0.1) is 0 Å².